The van der Waals surface area contributed by atoms with Crippen LogP contribution in [0.2, 0.25) is 0 Å². The predicted octanol–water partition coefficient (Wildman–Crippen LogP) is 6.06. The van der Waals surface area contributed by atoms with E-state index in [1.165, 1.54) is 12.4 Å². The van der Waals surface area contributed by atoms with Gasteiger partial charge in [0, 0.05) is 29.9 Å². The minimum atomic E-state index is -4.32. The van der Waals surface area contributed by atoms with Crippen LogP contribution < -0.4 is 10.1 Å². The Balaban J connectivity index is 1.56. The molecule has 0 radical (unpaired) electrons. The molecule has 0 atom stereocenters. The summed E-state index contributed by atoms with van der Waals surface area (Å²) in [6, 6.07) is 15.4. The Hall–Kier alpha value is -3.55. The lowest BCUT2D eigenvalue weighted by Gasteiger charge is -2.12. The van der Waals surface area contributed by atoms with Crippen LogP contribution in [0, 0.1) is 0 Å². The molecular formula is C24H23F3N4O. The van der Waals surface area contributed by atoms with Crippen molar-refractivity contribution in [3.05, 3.63) is 72.7 Å². The third kappa shape index (κ3) is 5.19. The van der Waals surface area contributed by atoms with Gasteiger partial charge in [0.2, 0.25) is 0 Å². The molecule has 0 aliphatic carbocycles. The second-order valence-corrected chi connectivity index (χ2v) is 7.77. The molecular weight excluding hydrogens is 417 g/mol. The molecule has 32 heavy (non-hydrogen) atoms. The van der Waals surface area contributed by atoms with Gasteiger partial charge in [-0.05, 0) is 49.2 Å². The first-order chi connectivity index (χ1) is 15.3. The van der Waals surface area contributed by atoms with E-state index in [1.807, 2.05) is 56.3 Å². The molecule has 166 valence electrons. The number of nitrogens with one attached hydrogen (secondary N) is 1. The van der Waals surface area contributed by atoms with Crippen LogP contribution in [0.1, 0.15) is 19.4 Å². The summed E-state index contributed by atoms with van der Waals surface area (Å²) in [5, 5.41) is 8.10. The highest BCUT2D eigenvalue weighted by Crippen LogP contribution is 2.31. The number of nitrogens with zero attached hydrogens (tertiary/aromatic N) is 3. The first kappa shape index (κ1) is 21.7. The summed E-state index contributed by atoms with van der Waals surface area (Å²) in [7, 11) is 0. The van der Waals surface area contributed by atoms with Gasteiger partial charge in [-0.1, -0.05) is 24.3 Å². The Morgan fingerprint density at radius 1 is 1.06 bits per heavy atom. The highest BCUT2D eigenvalue weighted by Gasteiger charge is 2.28. The van der Waals surface area contributed by atoms with Crippen molar-refractivity contribution in [3.63, 3.8) is 0 Å². The van der Waals surface area contributed by atoms with E-state index in [4.69, 9.17) is 4.74 Å². The number of ether oxygens (including phenoxy) is 1. The monoisotopic (exact) mass is 440 g/mol. The van der Waals surface area contributed by atoms with E-state index in [1.54, 1.807) is 12.3 Å². The van der Waals surface area contributed by atoms with Crippen molar-refractivity contribution in [2.45, 2.75) is 39.2 Å². The van der Waals surface area contributed by atoms with Crippen LogP contribution in [0.15, 0.2) is 67.1 Å². The molecule has 1 N–H and O–H groups in total. The maximum atomic E-state index is 12.7. The molecule has 0 saturated heterocycles. The van der Waals surface area contributed by atoms with Crippen molar-refractivity contribution in [2.24, 2.45) is 0 Å². The van der Waals surface area contributed by atoms with Gasteiger partial charge in [-0.15, -0.1) is 0 Å². The van der Waals surface area contributed by atoms with E-state index in [0.29, 0.717) is 12.1 Å². The van der Waals surface area contributed by atoms with Gasteiger partial charge >= 0.3 is 6.18 Å². The van der Waals surface area contributed by atoms with E-state index in [9.17, 15) is 13.2 Å². The molecule has 0 amide bonds. The summed E-state index contributed by atoms with van der Waals surface area (Å²) in [4.78, 5) is 4.50. The Morgan fingerprint density at radius 2 is 1.84 bits per heavy atom. The standard InChI is InChI=1S/C24H23F3N4O/c1-16(2)32-19-8-6-17(7-9-19)12-29-22-5-3-4-21-20(10-11-28-23(21)22)18-13-30-31(14-18)15-24(25,26)27/h3-11,13-14,16,29H,12,15H2,1-2H3. The third-order valence-electron chi connectivity index (χ3n) is 4.83. The lowest BCUT2D eigenvalue weighted by molar-refractivity contribution is -0.142. The largest absolute Gasteiger partial charge is 0.491 e. The zero-order valence-corrected chi connectivity index (χ0v) is 17.7. The number of hydrogen-bond donors (Lipinski definition) is 1. The Labute approximate surface area is 183 Å². The molecule has 0 unspecified atom stereocenters. The maximum Gasteiger partial charge on any atom is 0.408 e. The number of benzene rings is 2. The van der Waals surface area contributed by atoms with Crippen molar-refractivity contribution in [3.8, 4) is 16.9 Å². The second kappa shape index (κ2) is 8.90. The molecule has 4 rings (SSSR count). The van der Waals surface area contributed by atoms with Crippen molar-refractivity contribution < 1.29 is 17.9 Å². The number of aromatic nitrogens is 3. The van der Waals surface area contributed by atoms with E-state index in [-0.39, 0.29) is 6.10 Å². The van der Waals surface area contributed by atoms with Gasteiger partial charge in [0.05, 0.1) is 23.5 Å². The van der Waals surface area contributed by atoms with Gasteiger partial charge in [-0.2, -0.15) is 18.3 Å². The zero-order valence-electron chi connectivity index (χ0n) is 17.7. The lowest BCUT2D eigenvalue weighted by Crippen LogP contribution is -2.17. The van der Waals surface area contributed by atoms with Crippen molar-refractivity contribution >= 4 is 16.6 Å². The first-order valence-corrected chi connectivity index (χ1v) is 10.3. The van der Waals surface area contributed by atoms with Crippen LogP contribution in [0.4, 0.5) is 18.9 Å². The molecule has 0 spiro atoms. The topological polar surface area (TPSA) is 52.0 Å². The van der Waals surface area contributed by atoms with Crippen LogP contribution in [0.3, 0.4) is 0 Å². The molecule has 8 heteroatoms. The molecule has 0 aliphatic rings. The van der Waals surface area contributed by atoms with Crippen molar-refractivity contribution in [2.75, 3.05) is 5.32 Å². The first-order valence-electron chi connectivity index (χ1n) is 10.3. The maximum absolute atomic E-state index is 12.7. The molecule has 4 aromatic rings. The lowest BCUT2D eigenvalue weighted by atomic mass is 10.0. The summed E-state index contributed by atoms with van der Waals surface area (Å²) in [5.74, 6) is 0.825. The number of halogens is 3. The summed E-state index contributed by atoms with van der Waals surface area (Å²) in [6.45, 7) is 3.44. The molecule has 5 nitrogen and oxygen atoms in total. The van der Waals surface area contributed by atoms with Crippen molar-refractivity contribution in [1.29, 1.82) is 0 Å². The minimum Gasteiger partial charge on any atom is -0.491 e. The number of alkyl halides is 3. The number of hydrogen-bond acceptors (Lipinski definition) is 4. The van der Waals surface area contributed by atoms with Crippen LogP contribution >= 0.6 is 0 Å². The van der Waals surface area contributed by atoms with Crippen LogP contribution in [0.25, 0.3) is 22.0 Å². The SMILES string of the molecule is CC(C)Oc1ccc(CNc2cccc3c(-c4cnn(CC(F)(F)F)c4)ccnc23)cc1. The molecule has 0 fully saturated rings. The quantitative estimate of drug-likeness (QED) is 0.380. The average molecular weight is 440 g/mol. The van der Waals surface area contributed by atoms with E-state index >= 15 is 0 Å². The fraction of sp³-hybridized carbons (Fsp3) is 0.250. The molecule has 2 aromatic heterocycles. The number of fused-ring (bicyclic) bond motifs is 1. The van der Waals surface area contributed by atoms with Crippen LogP contribution in [0.5, 0.6) is 5.75 Å². The number of para-hydroxylation sites is 1. The third-order valence-corrected chi connectivity index (χ3v) is 4.83. The molecule has 0 aliphatic heterocycles. The number of anilines is 1. The van der Waals surface area contributed by atoms with Gasteiger partial charge in [0.15, 0.2) is 0 Å². The van der Waals surface area contributed by atoms with Gasteiger partial charge in [0.25, 0.3) is 0 Å². The molecule has 0 bridgehead atoms. The average Bonchev–Trinajstić information content (AvgIpc) is 3.19. The fourth-order valence-corrected chi connectivity index (χ4v) is 3.50. The highest BCUT2D eigenvalue weighted by atomic mass is 19.4. The summed E-state index contributed by atoms with van der Waals surface area (Å²) < 4.78 is 44.6. The van der Waals surface area contributed by atoms with Crippen molar-refractivity contribution in [1.82, 2.24) is 14.8 Å². The summed E-state index contributed by atoms with van der Waals surface area (Å²) >= 11 is 0. The fourth-order valence-electron chi connectivity index (χ4n) is 3.50. The zero-order chi connectivity index (χ0) is 22.7. The normalized spacial score (nSPS) is 11.8. The Kier molecular flexibility index (Phi) is 6.03. The van der Waals surface area contributed by atoms with Crippen LogP contribution in [-0.2, 0) is 13.1 Å². The molecule has 0 saturated carbocycles. The van der Waals surface area contributed by atoms with Gasteiger partial charge in [-0.3, -0.25) is 9.67 Å². The molecule has 2 aromatic carbocycles. The van der Waals surface area contributed by atoms with E-state index in [0.717, 1.165) is 38.1 Å². The van der Waals surface area contributed by atoms with Gasteiger partial charge < -0.3 is 10.1 Å². The molecule has 2 heterocycles. The summed E-state index contributed by atoms with van der Waals surface area (Å²) in [6.07, 6.45) is 0.308. The number of rotatable bonds is 7. The van der Waals surface area contributed by atoms with Gasteiger partial charge in [-0.25, -0.2) is 0 Å². The van der Waals surface area contributed by atoms with Gasteiger partial charge in [0.1, 0.15) is 12.3 Å². The Morgan fingerprint density at radius 3 is 2.56 bits per heavy atom. The smallest absolute Gasteiger partial charge is 0.408 e. The Bertz CT molecular complexity index is 1200. The number of pyridine rings is 1. The second-order valence-electron chi connectivity index (χ2n) is 7.77. The highest BCUT2D eigenvalue weighted by molar-refractivity contribution is 6.00. The predicted molar refractivity (Wildman–Crippen MR) is 119 cm³/mol. The van der Waals surface area contributed by atoms with Crippen LogP contribution in [-0.4, -0.2) is 27.0 Å². The van der Waals surface area contributed by atoms with E-state index < -0.39 is 12.7 Å². The van der Waals surface area contributed by atoms with E-state index in [2.05, 4.69) is 15.4 Å². The summed E-state index contributed by atoms with van der Waals surface area (Å²) in [5.41, 5.74) is 4.06. The minimum absolute atomic E-state index is 0.121.